The zero-order chi connectivity index (χ0) is 26.2. The van der Waals surface area contributed by atoms with Crippen LogP contribution in [-0.4, -0.2) is 56.6 Å². The molecule has 8 nitrogen and oxygen atoms in total. The molecule has 0 atom stereocenters. The molecule has 0 radical (unpaired) electrons. The summed E-state index contributed by atoms with van der Waals surface area (Å²) in [5.41, 5.74) is 7.49. The number of rotatable bonds is 6. The van der Waals surface area contributed by atoms with Gasteiger partial charge in [0.05, 0.1) is 29.6 Å². The minimum atomic E-state index is -0.274. The fourth-order valence-corrected chi connectivity index (χ4v) is 4.59. The maximum Gasteiger partial charge on any atom is 0.238 e. The number of benzene rings is 2. The van der Waals surface area contributed by atoms with Gasteiger partial charge < -0.3 is 15.2 Å². The quantitative estimate of drug-likeness (QED) is 0.278. The molecule has 0 aliphatic rings. The molecule has 6 rings (SSSR count). The third kappa shape index (κ3) is 4.51. The highest BCUT2D eigenvalue weighted by atomic mass is 19.1. The summed E-state index contributed by atoms with van der Waals surface area (Å²) in [6.45, 7) is 0.288. The van der Waals surface area contributed by atoms with E-state index in [0.717, 1.165) is 55.6 Å². The minimum absolute atomic E-state index is 0.103. The van der Waals surface area contributed by atoms with Gasteiger partial charge >= 0.3 is 0 Å². The lowest BCUT2D eigenvalue weighted by Crippen LogP contribution is -2.27. The molecule has 6 aromatic rings. The van der Waals surface area contributed by atoms with Crippen molar-refractivity contribution in [2.24, 2.45) is 0 Å². The van der Waals surface area contributed by atoms with Crippen LogP contribution < -0.4 is 5.32 Å². The topological polar surface area (TPSA) is 103 Å². The molecule has 0 saturated carbocycles. The van der Waals surface area contributed by atoms with E-state index in [2.05, 4.69) is 36.5 Å². The molecule has 1 amide bonds. The van der Waals surface area contributed by atoms with E-state index in [4.69, 9.17) is 0 Å². The lowest BCUT2D eigenvalue weighted by molar-refractivity contribution is -0.116. The van der Waals surface area contributed by atoms with Crippen molar-refractivity contribution in [3.63, 3.8) is 0 Å². The van der Waals surface area contributed by atoms with E-state index in [1.54, 1.807) is 30.7 Å². The van der Waals surface area contributed by atoms with Crippen LogP contribution in [0.3, 0.4) is 0 Å². The summed E-state index contributed by atoms with van der Waals surface area (Å²) in [6.07, 6.45) is 5.14. The Hall–Kier alpha value is -4.89. The van der Waals surface area contributed by atoms with Crippen LogP contribution in [0.4, 0.5) is 10.1 Å². The van der Waals surface area contributed by atoms with Gasteiger partial charge in [0, 0.05) is 28.7 Å². The van der Waals surface area contributed by atoms with Crippen molar-refractivity contribution < 1.29 is 9.18 Å². The van der Waals surface area contributed by atoms with E-state index in [-0.39, 0.29) is 18.3 Å². The number of carbonyl (C=O) groups excluding carboxylic acids is 1. The van der Waals surface area contributed by atoms with E-state index in [1.165, 1.54) is 12.1 Å². The minimum Gasteiger partial charge on any atom is -0.338 e. The standard InChI is InChI=1S/C29H24FN7O/c1-37(2)16-27(38)33-21-11-19(14-31-15-21)18-5-8-25-24(12-18)28(36-35-25)26-13-23-22(9-10-32-29(23)34-26)17-3-6-20(30)7-4-17/h3-15H,16H2,1-2H3,(H,32,34)(H,33,38)(H,35,36). The number of amides is 1. The molecule has 0 fully saturated rings. The van der Waals surface area contributed by atoms with Gasteiger partial charge in [-0.2, -0.15) is 5.10 Å². The molecule has 0 unspecified atom stereocenters. The van der Waals surface area contributed by atoms with E-state index in [9.17, 15) is 9.18 Å². The molecule has 3 N–H and O–H groups in total. The second-order valence-electron chi connectivity index (χ2n) is 9.39. The zero-order valence-corrected chi connectivity index (χ0v) is 20.8. The number of H-pyrrole nitrogens is 2. The van der Waals surface area contributed by atoms with Crippen molar-refractivity contribution in [2.45, 2.75) is 0 Å². The lowest BCUT2D eigenvalue weighted by atomic mass is 10.0. The largest absolute Gasteiger partial charge is 0.338 e. The number of fused-ring (bicyclic) bond motifs is 2. The second kappa shape index (κ2) is 9.53. The van der Waals surface area contributed by atoms with Gasteiger partial charge in [-0.05, 0) is 73.3 Å². The Balaban J connectivity index is 1.38. The highest BCUT2D eigenvalue weighted by Gasteiger charge is 2.15. The highest BCUT2D eigenvalue weighted by Crippen LogP contribution is 2.34. The Morgan fingerprint density at radius 1 is 0.947 bits per heavy atom. The van der Waals surface area contributed by atoms with Crippen molar-refractivity contribution in [1.29, 1.82) is 0 Å². The van der Waals surface area contributed by atoms with Crippen LogP contribution in [0.1, 0.15) is 0 Å². The van der Waals surface area contributed by atoms with Crippen LogP contribution in [-0.2, 0) is 4.79 Å². The lowest BCUT2D eigenvalue weighted by Gasteiger charge is -2.11. The number of hydrogen-bond acceptors (Lipinski definition) is 5. The molecule has 188 valence electrons. The Morgan fingerprint density at radius 3 is 2.58 bits per heavy atom. The first-order valence-electron chi connectivity index (χ1n) is 12.1. The van der Waals surface area contributed by atoms with Crippen LogP contribution in [0.25, 0.3) is 55.6 Å². The zero-order valence-electron chi connectivity index (χ0n) is 20.8. The SMILES string of the molecule is CN(C)CC(=O)Nc1cncc(-c2ccc3[nH]nc(-c4cc5c(-c6ccc(F)cc6)ccnc5[nH]4)c3c2)c1. The molecule has 9 heteroatoms. The Morgan fingerprint density at radius 2 is 1.76 bits per heavy atom. The predicted octanol–water partition coefficient (Wildman–Crippen LogP) is 5.47. The normalized spacial score (nSPS) is 11.5. The molecule has 4 heterocycles. The third-order valence-electron chi connectivity index (χ3n) is 6.32. The van der Waals surface area contributed by atoms with Crippen molar-refractivity contribution in [2.75, 3.05) is 26.0 Å². The van der Waals surface area contributed by atoms with Gasteiger partial charge in [-0.15, -0.1) is 0 Å². The number of pyridine rings is 2. The van der Waals surface area contributed by atoms with Crippen molar-refractivity contribution in [3.05, 3.63) is 85.1 Å². The van der Waals surface area contributed by atoms with E-state index in [1.807, 2.05) is 49.3 Å². The van der Waals surface area contributed by atoms with Gasteiger partial charge in [0.1, 0.15) is 17.2 Å². The second-order valence-corrected chi connectivity index (χ2v) is 9.39. The Labute approximate surface area is 217 Å². The molecule has 38 heavy (non-hydrogen) atoms. The number of anilines is 1. The van der Waals surface area contributed by atoms with E-state index in [0.29, 0.717) is 5.69 Å². The fourth-order valence-electron chi connectivity index (χ4n) is 4.59. The monoisotopic (exact) mass is 505 g/mol. The number of aromatic nitrogens is 5. The summed E-state index contributed by atoms with van der Waals surface area (Å²) in [4.78, 5) is 26.2. The van der Waals surface area contributed by atoms with Gasteiger partial charge in [0.25, 0.3) is 0 Å². The number of aromatic amines is 2. The average molecular weight is 506 g/mol. The first-order chi connectivity index (χ1) is 18.4. The third-order valence-corrected chi connectivity index (χ3v) is 6.32. The summed E-state index contributed by atoms with van der Waals surface area (Å²) in [6, 6.07) is 18.3. The van der Waals surface area contributed by atoms with E-state index >= 15 is 0 Å². The predicted molar refractivity (Wildman–Crippen MR) is 147 cm³/mol. The Bertz CT molecular complexity index is 1790. The van der Waals surface area contributed by atoms with Crippen molar-refractivity contribution >= 4 is 33.5 Å². The smallest absolute Gasteiger partial charge is 0.238 e. The number of nitrogens with zero attached hydrogens (tertiary/aromatic N) is 4. The van der Waals surface area contributed by atoms with Crippen LogP contribution >= 0.6 is 0 Å². The van der Waals surface area contributed by atoms with Gasteiger partial charge in [-0.25, -0.2) is 9.37 Å². The number of likely N-dealkylation sites (N-methyl/N-ethyl adjacent to an activating group) is 1. The van der Waals surface area contributed by atoms with Gasteiger partial charge in [-0.1, -0.05) is 18.2 Å². The van der Waals surface area contributed by atoms with E-state index < -0.39 is 0 Å². The van der Waals surface area contributed by atoms with Crippen molar-refractivity contribution in [1.82, 2.24) is 30.0 Å². The van der Waals surface area contributed by atoms with Crippen LogP contribution in [0, 0.1) is 5.82 Å². The summed E-state index contributed by atoms with van der Waals surface area (Å²) in [5.74, 6) is -0.377. The van der Waals surface area contributed by atoms with Crippen molar-refractivity contribution in [3.8, 4) is 33.6 Å². The Kier molecular flexibility index (Phi) is 5.89. The number of nitrogens with one attached hydrogen (secondary N) is 3. The molecular formula is C29H24FN7O. The molecule has 0 aliphatic carbocycles. The van der Waals surface area contributed by atoms with Gasteiger partial charge in [-0.3, -0.25) is 14.9 Å². The maximum atomic E-state index is 13.5. The first kappa shape index (κ1) is 23.5. The molecule has 4 aromatic heterocycles. The molecule has 2 aromatic carbocycles. The number of carbonyl (C=O) groups is 1. The molecule has 0 bridgehead atoms. The summed E-state index contributed by atoms with van der Waals surface area (Å²) < 4.78 is 13.5. The molecule has 0 spiro atoms. The molecule has 0 aliphatic heterocycles. The summed E-state index contributed by atoms with van der Waals surface area (Å²) >= 11 is 0. The van der Waals surface area contributed by atoms with Crippen LogP contribution in [0.5, 0.6) is 0 Å². The average Bonchev–Trinajstić information content (AvgIpc) is 3.52. The van der Waals surface area contributed by atoms with Crippen LogP contribution in [0.2, 0.25) is 0 Å². The maximum absolute atomic E-state index is 13.5. The summed E-state index contributed by atoms with van der Waals surface area (Å²) in [7, 11) is 3.69. The number of halogens is 1. The molecular weight excluding hydrogens is 481 g/mol. The highest BCUT2D eigenvalue weighted by molar-refractivity contribution is 6.01. The fraction of sp³-hybridized carbons (Fsp3) is 0.103. The van der Waals surface area contributed by atoms with Gasteiger partial charge in [0.15, 0.2) is 0 Å². The molecule has 0 saturated heterocycles. The van der Waals surface area contributed by atoms with Gasteiger partial charge in [0.2, 0.25) is 5.91 Å². The number of hydrogen-bond donors (Lipinski definition) is 3. The van der Waals surface area contributed by atoms with Crippen LogP contribution in [0.15, 0.2) is 79.3 Å². The first-order valence-corrected chi connectivity index (χ1v) is 12.1. The summed E-state index contributed by atoms with van der Waals surface area (Å²) in [5, 5.41) is 12.4.